The maximum absolute atomic E-state index is 11.8. The number of hydrogen-bond donors (Lipinski definition) is 3. The van der Waals surface area contributed by atoms with Gasteiger partial charge in [0.25, 0.3) is 0 Å². The van der Waals surface area contributed by atoms with E-state index in [4.69, 9.17) is 9.84 Å². The van der Waals surface area contributed by atoms with Crippen molar-refractivity contribution >= 4 is 17.9 Å². The van der Waals surface area contributed by atoms with Gasteiger partial charge in [0, 0.05) is 26.1 Å². The number of aliphatic carboxylic acids is 1. The molecule has 2 aliphatic rings. The molecule has 1 heterocycles. The zero-order valence-electron chi connectivity index (χ0n) is 11.9. The van der Waals surface area contributed by atoms with Crippen LogP contribution < -0.4 is 10.6 Å². The molecule has 21 heavy (non-hydrogen) atoms. The fourth-order valence-corrected chi connectivity index (χ4v) is 2.44. The van der Waals surface area contributed by atoms with Crippen molar-refractivity contribution in [3.8, 4) is 0 Å². The van der Waals surface area contributed by atoms with Gasteiger partial charge >= 0.3 is 12.0 Å². The number of nitrogens with zero attached hydrogens (tertiary/aromatic N) is 1. The number of nitrogens with one attached hydrogen (secondary N) is 2. The lowest BCUT2D eigenvalue weighted by molar-refractivity contribution is -0.148. The van der Waals surface area contributed by atoms with E-state index in [1.807, 2.05) is 0 Å². The summed E-state index contributed by atoms with van der Waals surface area (Å²) in [5, 5.41) is 14.1. The van der Waals surface area contributed by atoms with Gasteiger partial charge in [0.05, 0.1) is 13.2 Å². The summed E-state index contributed by atoms with van der Waals surface area (Å²) in [6.07, 6.45) is 1.89. The molecule has 2 rings (SSSR count). The highest BCUT2D eigenvalue weighted by Gasteiger charge is 2.45. The van der Waals surface area contributed by atoms with Gasteiger partial charge in [-0.05, 0) is 19.3 Å². The van der Waals surface area contributed by atoms with Gasteiger partial charge in [-0.2, -0.15) is 0 Å². The number of urea groups is 1. The Morgan fingerprint density at radius 1 is 1.19 bits per heavy atom. The van der Waals surface area contributed by atoms with E-state index < -0.39 is 17.5 Å². The average Bonchev–Trinajstić information content (AvgIpc) is 2.43. The average molecular weight is 299 g/mol. The van der Waals surface area contributed by atoms with Crippen molar-refractivity contribution in [3.05, 3.63) is 0 Å². The van der Waals surface area contributed by atoms with Crippen LogP contribution in [0.4, 0.5) is 4.79 Å². The molecule has 1 saturated heterocycles. The molecule has 3 amide bonds. The van der Waals surface area contributed by atoms with Gasteiger partial charge in [-0.25, -0.2) is 9.59 Å². The number of ether oxygens (including phenoxy) is 1. The number of carbonyl (C=O) groups excluding carboxylic acids is 2. The lowest BCUT2D eigenvalue weighted by Crippen LogP contribution is -2.61. The standard InChI is InChI=1S/C13H21N3O5/c17-10(16-6-8-21-9-7-16)2-5-14-12(20)15-13(11(18)19)3-1-4-13/h1-9H2,(H,18,19)(H2,14,15,20). The van der Waals surface area contributed by atoms with Crippen LogP contribution in [0.2, 0.25) is 0 Å². The molecule has 0 spiro atoms. The van der Waals surface area contributed by atoms with Crippen molar-refractivity contribution in [1.82, 2.24) is 15.5 Å². The van der Waals surface area contributed by atoms with Crippen LogP contribution in [0.1, 0.15) is 25.7 Å². The second-order valence-corrected chi connectivity index (χ2v) is 5.36. The Bertz CT molecular complexity index is 416. The van der Waals surface area contributed by atoms with Crippen LogP contribution in [0, 0.1) is 0 Å². The minimum absolute atomic E-state index is 0.0322. The van der Waals surface area contributed by atoms with Gasteiger partial charge < -0.3 is 25.4 Å². The Morgan fingerprint density at radius 3 is 2.38 bits per heavy atom. The number of hydrogen-bond acceptors (Lipinski definition) is 4. The van der Waals surface area contributed by atoms with Crippen molar-refractivity contribution in [1.29, 1.82) is 0 Å². The van der Waals surface area contributed by atoms with E-state index in [1.165, 1.54) is 0 Å². The van der Waals surface area contributed by atoms with E-state index >= 15 is 0 Å². The molecule has 1 aliphatic carbocycles. The van der Waals surface area contributed by atoms with Crippen molar-refractivity contribution in [2.24, 2.45) is 0 Å². The Balaban J connectivity index is 1.67. The van der Waals surface area contributed by atoms with Gasteiger partial charge in [0.15, 0.2) is 0 Å². The third-order valence-corrected chi connectivity index (χ3v) is 3.96. The molecule has 118 valence electrons. The van der Waals surface area contributed by atoms with E-state index in [0.29, 0.717) is 39.1 Å². The van der Waals surface area contributed by atoms with Crippen LogP contribution in [0.3, 0.4) is 0 Å². The van der Waals surface area contributed by atoms with Gasteiger partial charge in [-0.3, -0.25) is 4.79 Å². The molecule has 8 nitrogen and oxygen atoms in total. The van der Waals surface area contributed by atoms with Gasteiger partial charge in [-0.1, -0.05) is 0 Å². The third-order valence-electron chi connectivity index (χ3n) is 3.96. The highest BCUT2D eigenvalue weighted by Crippen LogP contribution is 2.31. The van der Waals surface area contributed by atoms with Crippen LogP contribution in [-0.2, 0) is 14.3 Å². The third kappa shape index (κ3) is 3.84. The summed E-state index contributed by atoms with van der Waals surface area (Å²) < 4.78 is 5.16. The molecule has 0 aromatic heterocycles. The van der Waals surface area contributed by atoms with E-state index in [-0.39, 0.29) is 18.9 Å². The van der Waals surface area contributed by atoms with Crippen LogP contribution in [0.25, 0.3) is 0 Å². The highest BCUT2D eigenvalue weighted by molar-refractivity contribution is 5.87. The van der Waals surface area contributed by atoms with E-state index in [0.717, 1.165) is 6.42 Å². The molecule has 1 aliphatic heterocycles. The molecule has 0 aromatic rings. The van der Waals surface area contributed by atoms with Crippen LogP contribution in [0.5, 0.6) is 0 Å². The SMILES string of the molecule is O=C(NCCC(=O)N1CCOCC1)NC1(C(=O)O)CCC1. The van der Waals surface area contributed by atoms with Crippen LogP contribution in [-0.4, -0.2) is 66.3 Å². The molecular formula is C13H21N3O5. The zero-order valence-corrected chi connectivity index (χ0v) is 11.9. The first-order valence-electron chi connectivity index (χ1n) is 7.18. The molecule has 8 heteroatoms. The Labute approximate surface area is 122 Å². The Hall–Kier alpha value is -1.83. The summed E-state index contributed by atoms with van der Waals surface area (Å²) in [4.78, 5) is 36.3. The molecule has 0 atom stereocenters. The Kier molecular flexibility index (Phi) is 5.00. The van der Waals surface area contributed by atoms with Gasteiger partial charge in [0.1, 0.15) is 5.54 Å². The summed E-state index contributed by atoms with van der Waals surface area (Å²) in [5.74, 6) is -1.04. The normalized spacial score (nSPS) is 20.3. The lowest BCUT2D eigenvalue weighted by atomic mass is 9.77. The summed E-state index contributed by atoms with van der Waals surface area (Å²) in [5.41, 5.74) is -1.13. The molecule has 3 N–H and O–H groups in total. The lowest BCUT2D eigenvalue weighted by Gasteiger charge is -2.38. The second-order valence-electron chi connectivity index (χ2n) is 5.36. The molecule has 1 saturated carbocycles. The fourth-order valence-electron chi connectivity index (χ4n) is 2.44. The first-order valence-corrected chi connectivity index (χ1v) is 7.18. The second kappa shape index (κ2) is 6.75. The van der Waals surface area contributed by atoms with Crippen molar-refractivity contribution in [2.45, 2.75) is 31.2 Å². The summed E-state index contributed by atoms with van der Waals surface area (Å²) in [6, 6.07) is -0.535. The maximum Gasteiger partial charge on any atom is 0.329 e. The molecular weight excluding hydrogens is 278 g/mol. The summed E-state index contributed by atoms with van der Waals surface area (Å²) >= 11 is 0. The highest BCUT2D eigenvalue weighted by atomic mass is 16.5. The van der Waals surface area contributed by atoms with Gasteiger partial charge in [-0.15, -0.1) is 0 Å². The van der Waals surface area contributed by atoms with Crippen molar-refractivity contribution < 1.29 is 24.2 Å². The van der Waals surface area contributed by atoms with Crippen molar-refractivity contribution in [3.63, 3.8) is 0 Å². The first kappa shape index (κ1) is 15.6. The first-order chi connectivity index (χ1) is 10.0. The van der Waals surface area contributed by atoms with Crippen LogP contribution >= 0.6 is 0 Å². The predicted octanol–water partition coefficient (Wildman–Crippen LogP) is -0.458. The fraction of sp³-hybridized carbons (Fsp3) is 0.769. The minimum atomic E-state index is -1.13. The number of morpholine rings is 1. The maximum atomic E-state index is 11.8. The Morgan fingerprint density at radius 2 is 1.86 bits per heavy atom. The molecule has 0 radical (unpaired) electrons. The number of carbonyl (C=O) groups is 3. The monoisotopic (exact) mass is 299 g/mol. The van der Waals surface area contributed by atoms with E-state index in [2.05, 4.69) is 10.6 Å². The van der Waals surface area contributed by atoms with Crippen molar-refractivity contribution in [2.75, 3.05) is 32.8 Å². The van der Waals surface area contributed by atoms with E-state index in [9.17, 15) is 14.4 Å². The molecule has 2 fully saturated rings. The summed E-state index contributed by atoms with van der Waals surface area (Å²) in [7, 11) is 0. The zero-order chi connectivity index (χ0) is 15.3. The number of carboxylic acid groups (broad SMARTS) is 1. The van der Waals surface area contributed by atoms with Gasteiger partial charge in [0.2, 0.25) is 5.91 Å². The largest absolute Gasteiger partial charge is 0.480 e. The summed E-state index contributed by atoms with van der Waals surface area (Å²) in [6.45, 7) is 2.43. The molecule has 0 unspecified atom stereocenters. The topological polar surface area (TPSA) is 108 Å². The smallest absolute Gasteiger partial charge is 0.329 e. The predicted molar refractivity (Wildman–Crippen MR) is 72.8 cm³/mol. The number of carboxylic acids is 1. The molecule has 0 bridgehead atoms. The number of rotatable bonds is 5. The number of amides is 3. The minimum Gasteiger partial charge on any atom is -0.480 e. The van der Waals surface area contributed by atoms with Crippen LogP contribution in [0.15, 0.2) is 0 Å². The van der Waals surface area contributed by atoms with E-state index in [1.54, 1.807) is 4.90 Å². The quantitative estimate of drug-likeness (QED) is 0.637. The molecule has 0 aromatic carbocycles.